The second-order valence-electron chi connectivity index (χ2n) is 11.2. The maximum Gasteiger partial charge on any atom is 0.328 e. The summed E-state index contributed by atoms with van der Waals surface area (Å²) in [4.78, 5) is 56.2. The number of aromatic nitrogens is 2. The summed E-state index contributed by atoms with van der Waals surface area (Å²) < 4.78 is 23.1. The molecule has 38 heavy (non-hydrogen) atoms. The SMILES string of the molecule is COC(=O)C(Cc1cnc[nH]1)NC(=O)CCC(=O)O[C@@H]1O[C@@H]2OC3(C)CC[C@H]4[C@H](C)CC[C@@H]([C@H]1C)C24OO3. The Morgan fingerprint density at radius 1 is 1.18 bits per heavy atom. The molecule has 210 valence electrons. The average Bonchev–Trinajstić information content (AvgIpc) is 3.30. The lowest BCUT2D eigenvalue weighted by atomic mass is 9.58. The largest absolute Gasteiger partial charge is 0.467 e. The Morgan fingerprint density at radius 2 is 2.00 bits per heavy atom. The predicted octanol–water partition coefficient (Wildman–Crippen LogP) is 2.14. The number of fused-ring (bicyclic) bond motifs is 2. The quantitative estimate of drug-likeness (QED) is 0.375. The van der Waals surface area contributed by atoms with Crippen molar-refractivity contribution < 1.29 is 43.1 Å². The van der Waals surface area contributed by atoms with Crippen molar-refractivity contribution >= 4 is 17.8 Å². The molecule has 1 aromatic rings. The Kier molecular flexibility index (Phi) is 7.51. The summed E-state index contributed by atoms with van der Waals surface area (Å²) in [5.41, 5.74) is -0.0775. The zero-order chi connectivity index (χ0) is 27.1. The van der Waals surface area contributed by atoms with E-state index in [0.29, 0.717) is 18.0 Å². The highest BCUT2D eigenvalue weighted by Gasteiger charge is 2.69. The number of ether oxygens (including phenoxy) is 4. The first kappa shape index (κ1) is 27.0. The minimum atomic E-state index is -0.920. The van der Waals surface area contributed by atoms with Crippen molar-refractivity contribution in [1.29, 1.82) is 0 Å². The third-order valence-electron chi connectivity index (χ3n) is 8.70. The van der Waals surface area contributed by atoms with Gasteiger partial charge in [0.25, 0.3) is 0 Å². The van der Waals surface area contributed by atoms with Crippen LogP contribution in [0.15, 0.2) is 12.5 Å². The van der Waals surface area contributed by atoms with Gasteiger partial charge < -0.3 is 29.2 Å². The van der Waals surface area contributed by atoms with Crippen LogP contribution >= 0.6 is 0 Å². The van der Waals surface area contributed by atoms with Gasteiger partial charge in [0.1, 0.15) is 6.04 Å². The molecule has 4 aliphatic heterocycles. The van der Waals surface area contributed by atoms with E-state index in [4.69, 9.17) is 28.7 Å². The first-order valence-electron chi connectivity index (χ1n) is 13.4. The lowest BCUT2D eigenvalue weighted by Crippen LogP contribution is -2.70. The molecule has 12 nitrogen and oxygen atoms in total. The summed E-state index contributed by atoms with van der Waals surface area (Å²) in [6.07, 6.45) is 4.86. The van der Waals surface area contributed by atoms with Gasteiger partial charge in [-0.2, -0.15) is 0 Å². The number of aromatic amines is 1. The fourth-order valence-electron chi connectivity index (χ4n) is 6.63. The first-order chi connectivity index (χ1) is 18.1. The molecular weight excluding hydrogens is 498 g/mol. The molecule has 9 atom stereocenters. The van der Waals surface area contributed by atoms with E-state index in [1.165, 1.54) is 13.4 Å². The number of nitrogens with zero attached hydrogens (tertiary/aromatic N) is 1. The van der Waals surface area contributed by atoms with Crippen molar-refractivity contribution in [3.8, 4) is 0 Å². The number of hydrogen-bond donors (Lipinski definition) is 2. The van der Waals surface area contributed by atoms with Gasteiger partial charge in [0.05, 0.1) is 19.9 Å². The van der Waals surface area contributed by atoms with Crippen molar-refractivity contribution in [2.45, 2.75) is 95.7 Å². The van der Waals surface area contributed by atoms with Crippen molar-refractivity contribution in [2.24, 2.45) is 23.7 Å². The minimum absolute atomic E-state index is 0.0227. The van der Waals surface area contributed by atoms with Crippen LogP contribution in [-0.4, -0.2) is 64.9 Å². The van der Waals surface area contributed by atoms with Crippen molar-refractivity contribution in [2.75, 3.05) is 7.11 Å². The van der Waals surface area contributed by atoms with Crippen LogP contribution in [0.4, 0.5) is 0 Å². The van der Waals surface area contributed by atoms with Crippen LogP contribution in [0, 0.1) is 23.7 Å². The van der Waals surface area contributed by atoms with E-state index in [1.807, 2.05) is 13.8 Å². The Bertz CT molecular complexity index is 1040. The van der Waals surface area contributed by atoms with Gasteiger partial charge in [0, 0.05) is 43.0 Å². The van der Waals surface area contributed by atoms with E-state index < -0.39 is 47.9 Å². The topological polar surface area (TPSA) is 147 Å². The minimum Gasteiger partial charge on any atom is -0.467 e. The molecule has 4 saturated heterocycles. The molecule has 6 rings (SSSR count). The summed E-state index contributed by atoms with van der Waals surface area (Å²) in [5.74, 6) is -2.05. The molecule has 1 aliphatic carbocycles. The maximum atomic E-state index is 12.8. The Balaban J connectivity index is 1.19. The van der Waals surface area contributed by atoms with E-state index in [9.17, 15) is 14.4 Å². The van der Waals surface area contributed by atoms with Crippen LogP contribution < -0.4 is 5.32 Å². The molecule has 2 bridgehead atoms. The Hall–Kier alpha value is -2.54. The summed E-state index contributed by atoms with van der Waals surface area (Å²) in [6.45, 7) is 6.07. The highest BCUT2D eigenvalue weighted by Crippen LogP contribution is 2.60. The number of rotatable bonds is 8. The van der Waals surface area contributed by atoms with E-state index in [0.717, 1.165) is 19.3 Å². The highest BCUT2D eigenvalue weighted by atomic mass is 17.3. The normalized spacial score (nSPS) is 38.4. The number of esters is 2. The molecule has 3 unspecified atom stereocenters. The summed E-state index contributed by atoms with van der Waals surface area (Å²) in [6, 6.07) is -0.908. The second kappa shape index (κ2) is 10.6. The molecule has 12 heteroatoms. The molecule has 5 aliphatic rings. The number of carbonyl (C=O) groups excluding carboxylic acids is 3. The number of nitrogens with one attached hydrogen (secondary N) is 2. The number of H-pyrrole nitrogens is 1. The van der Waals surface area contributed by atoms with Gasteiger partial charge in [-0.1, -0.05) is 13.8 Å². The van der Waals surface area contributed by atoms with Crippen LogP contribution in [0.2, 0.25) is 0 Å². The summed E-state index contributed by atoms with van der Waals surface area (Å²) >= 11 is 0. The van der Waals surface area contributed by atoms with Crippen LogP contribution in [-0.2, 0) is 49.5 Å². The predicted molar refractivity (Wildman–Crippen MR) is 128 cm³/mol. The summed E-state index contributed by atoms with van der Waals surface area (Å²) in [5, 5.41) is 2.62. The second-order valence-corrected chi connectivity index (χ2v) is 11.2. The van der Waals surface area contributed by atoms with Crippen LogP contribution in [0.25, 0.3) is 0 Å². The molecule has 0 radical (unpaired) electrons. The number of methoxy groups -OCH3 is 1. The van der Waals surface area contributed by atoms with Crippen molar-refractivity contribution in [1.82, 2.24) is 15.3 Å². The first-order valence-corrected chi connectivity index (χ1v) is 13.4. The molecule has 5 heterocycles. The van der Waals surface area contributed by atoms with Gasteiger partial charge in [-0.05, 0) is 38.0 Å². The maximum absolute atomic E-state index is 12.8. The molecule has 1 amide bonds. The fourth-order valence-corrected chi connectivity index (χ4v) is 6.63. The van der Waals surface area contributed by atoms with Gasteiger partial charge >= 0.3 is 11.9 Å². The van der Waals surface area contributed by atoms with Gasteiger partial charge in [-0.3, -0.25) is 9.59 Å². The van der Waals surface area contributed by atoms with Gasteiger partial charge in [0.15, 0.2) is 11.9 Å². The fraction of sp³-hybridized carbons (Fsp3) is 0.769. The number of imidazole rings is 1. The summed E-state index contributed by atoms with van der Waals surface area (Å²) in [7, 11) is 1.25. The molecular formula is C26H37N3O9. The molecule has 0 aromatic carbocycles. The number of carbonyl (C=O) groups is 3. The zero-order valence-corrected chi connectivity index (χ0v) is 22.3. The van der Waals surface area contributed by atoms with E-state index in [-0.39, 0.29) is 37.0 Å². The molecule has 1 saturated carbocycles. The van der Waals surface area contributed by atoms with Gasteiger partial charge in [-0.25, -0.2) is 19.6 Å². The van der Waals surface area contributed by atoms with Gasteiger partial charge in [0.2, 0.25) is 18.0 Å². The Labute approximate surface area is 221 Å². The zero-order valence-electron chi connectivity index (χ0n) is 22.3. The molecule has 5 fully saturated rings. The molecule has 1 aromatic heterocycles. The Morgan fingerprint density at radius 3 is 2.74 bits per heavy atom. The van der Waals surface area contributed by atoms with Crippen LogP contribution in [0.5, 0.6) is 0 Å². The average molecular weight is 536 g/mol. The third-order valence-corrected chi connectivity index (χ3v) is 8.70. The molecule has 2 N–H and O–H groups in total. The number of amides is 1. The van der Waals surface area contributed by atoms with Crippen molar-refractivity contribution in [3.05, 3.63) is 18.2 Å². The number of hydrogen-bond acceptors (Lipinski definition) is 10. The van der Waals surface area contributed by atoms with Gasteiger partial charge in [-0.15, -0.1) is 0 Å². The monoisotopic (exact) mass is 535 g/mol. The standard InChI is InChI=1S/C26H37N3O9/c1-14-5-6-18-15(2)23(35-24-26(18)17(14)9-10-25(3,36-24)37-38-26)34-21(31)8-7-20(30)29-19(22(32)33-4)11-16-12-27-13-28-16/h12-15,17-19,23-24H,5-11H2,1-4H3,(H,27,28)(H,29,30)/t14-,15-,17+,18+,19?,23-,24-,25?,26?/m1/s1. The van der Waals surface area contributed by atoms with E-state index in [2.05, 4.69) is 22.2 Å². The van der Waals surface area contributed by atoms with E-state index >= 15 is 0 Å². The van der Waals surface area contributed by atoms with E-state index in [1.54, 1.807) is 6.20 Å². The van der Waals surface area contributed by atoms with Crippen LogP contribution in [0.3, 0.4) is 0 Å². The van der Waals surface area contributed by atoms with Crippen LogP contribution in [0.1, 0.15) is 65.0 Å². The third kappa shape index (κ3) is 4.94. The smallest absolute Gasteiger partial charge is 0.328 e. The highest BCUT2D eigenvalue weighted by molar-refractivity contribution is 5.86. The lowest BCUT2D eigenvalue weighted by molar-refractivity contribution is -0.576. The lowest BCUT2D eigenvalue weighted by Gasteiger charge is -2.59. The van der Waals surface area contributed by atoms with Crippen molar-refractivity contribution in [3.63, 3.8) is 0 Å². The molecule has 1 spiro atoms.